The number of fused-ring (bicyclic) bond motifs is 2. The molecule has 1 aliphatic rings. The molecule has 2 aromatic rings. The quantitative estimate of drug-likeness (QED) is 0.781. The Labute approximate surface area is 127 Å². The molecule has 0 spiro atoms. The minimum absolute atomic E-state index is 0.275. The monoisotopic (exact) mass is 301 g/mol. The highest BCUT2D eigenvalue weighted by Gasteiger charge is 2.18. The van der Waals surface area contributed by atoms with Gasteiger partial charge in [-0.2, -0.15) is 0 Å². The second kappa shape index (κ2) is 5.88. The van der Waals surface area contributed by atoms with E-state index < -0.39 is 5.97 Å². The molecule has 0 fully saturated rings. The first kappa shape index (κ1) is 14.1. The van der Waals surface area contributed by atoms with Gasteiger partial charge in [0.05, 0.1) is 38.2 Å². The average molecular weight is 301 g/mol. The van der Waals surface area contributed by atoms with Gasteiger partial charge in [-0.3, -0.25) is 0 Å². The first-order chi connectivity index (χ1) is 10.7. The Morgan fingerprint density at radius 1 is 1.36 bits per heavy atom. The normalized spacial score (nSPS) is 15.8. The maximum Gasteiger partial charge on any atom is 0.335 e. The third-order valence-electron chi connectivity index (χ3n) is 3.39. The second-order valence-corrected chi connectivity index (χ2v) is 4.74. The Balaban J connectivity index is 2.10. The van der Waals surface area contributed by atoms with Crippen LogP contribution in [0.1, 0.15) is 11.3 Å². The van der Waals surface area contributed by atoms with Gasteiger partial charge in [-0.15, -0.1) is 5.10 Å². The van der Waals surface area contributed by atoms with Crippen LogP contribution < -0.4 is 9.47 Å². The van der Waals surface area contributed by atoms with Crippen molar-refractivity contribution in [1.82, 2.24) is 15.0 Å². The molecule has 1 aromatic carbocycles. The SMILES string of the molecule is COC(=O)/C1=C/c2ccc(OC)cc2OCc2cnnn2C1. The van der Waals surface area contributed by atoms with Crippen molar-refractivity contribution in [2.45, 2.75) is 13.2 Å². The lowest BCUT2D eigenvalue weighted by Gasteiger charge is -2.10. The summed E-state index contributed by atoms with van der Waals surface area (Å²) in [5.74, 6) is 0.887. The van der Waals surface area contributed by atoms with E-state index in [1.54, 1.807) is 30.1 Å². The van der Waals surface area contributed by atoms with Crippen molar-refractivity contribution < 1.29 is 19.0 Å². The minimum atomic E-state index is -0.412. The number of methoxy groups -OCH3 is 2. The fraction of sp³-hybridized carbons (Fsp3) is 0.267. The van der Waals surface area contributed by atoms with E-state index in [1.165, 1.54) is 7.11 Å². The third kappa shape index (κ3) is 2.65. The van der Waals surface area contributed by atoms with Crippen molar-refractivity contribution in [2.75, 3.05) is 14.2 Å². The van der Waals surface area contributed by atoms with E-state index >= 15 is 0 Å². The van der Waals surface area contributed by atoms with Gasteiger partial charge < -0.3 is 14.2 Å². The molecule has 0 bridgehead atoms. The third-order valence-corrected chi connectivity index (χ3v) is 3.39. The van der Waals surface area contributed by atoms with Gasteiger partial charge in [0.1, 0.15) is 18.1 Å². The summed E-state index contributed by atoms with van der Waals surface area (Å²) in [5.41, 5.74) is 2.01. The molecule has 0 saturated carbocycles. The standard InChI is InChI=1S/C15H15N3O4/c1-20-13-4-3-10-5-11(15(19)21-2)8-18-12(7-16-17-18)9-22-14(10)6-13/h3-7H,8-9H2,1-2H3/b11-5+. The minimum Gasteiger partial charge on any atom is -0.497 e. The summed E-state index contributed by atoms with van der Waals surface area (Å²) >= 11 is 0. The molecule has 1 aromatic heterocycles. The molecule has 0 aliphatic carbocycles. The lowest BCUT2D eigenvalue weighted by atomic mass is 10.1. The van der Waals surface area contributed by atoms with Gasteiger partial charge in [-0.1, -0.05) is 5.21 Å². The molecule has 0 atom stereocenters. The second-order valence-electron chi connectivity index (χ2n) is 4.74. The van der Waals surface area contributed by atoms with Crippen molar-refractivity contribution in [3.05, 3.63) is 41.2 Å². The number of hydrogen-bond donors (Lipinski definition) is 0. The molecule has 3 rings (SSSR count). The van der Waals surface area contributed by atoms with E-state index in [2.05, 4.69) is 10.3 Å². The molecule has 2 heterocycles. The van der Waals surface area contributed by atoms with Crippen LogP contribution in [0.2, 0.25) is 0 Å². The Morgan fingerprint density at radius 2 is 2.23 bits per heavy atom. The number of carbonyl (C=O) groups excluding carboxylic acids is 1. The van der Waals surface area contributed by atoms with Crippen molar-refractivity contribution >= 4 is 12.0 Å². The molecule has 7 nitrogen and oxygen atoms in total. The van der Waals surface area contributed by atoms with Crippen LogP contribution in [-0.2, 0) is 22.7 Å². The average Bonchev–Trinajstić information content (AvgIpc) is 3.00. The first-order valence-corrected chi connectivity index (χ1v) is 6.68. The van der Waals surface area contributed by atoms with Crippen LogP contribution in [-0.4, -0.2) is 35.2 Å². The molecule has 0 saturated heterocycles. The van der Waals surface area contributed by atoms with E-state index in [-0.39, 0.29) is 6.54 Å². The summed E-state index contributed by atoms with van der Waals surface area (Å²) in [4.78, 5) is 12.0. The Bertz CT molecular complexity index is 736. The smallest absolute Gasteiger partial charge is 0.335 e. The molecule has 0 amide bonds. The van der Waals surface area contributed by atoms with E-state index in [1.807, 2.05) is 12.1 Å². The topological polar surface area (TPSA) is 75.5 Å². The van der Waals surface area contributed by atoms with Gasteiger partial charge in [0.25, 0.3) is 0 Å². The number of esters is 1. The van der Waals surface area contributed by atoms with Crippen LogP contribution in [0.5, 0.6) is 11.5 Å². The van der Waals surface area contributed by atoms with Gasteiger partial charge in [-0.05, 0) is 18.2 Å². The summed E-state index contributed by atoms with van der Waals surface area (Å²) in [6.07, 6.45) is 3.34. The molecule has 0 N–H and O–H groups in total. The van der Waals surface area contributed by atoms with Gasteiger partial charge in [-0.25, -0.2) is 9.48 Å². The highest BCUT2D eigenvalue weighted by molar-refractivity contribution is 5.94. The lowest BCUT2D eigenvalue weighted by Crippen LogP contribution is -2.14. The summed E-state index contributed by atoms with van der Waals surface area (Å²) in [5, 5.41) is 7.83. The first-order valence-electron chi connectivity index (χ1n) is 6.68. The van der Waals surface area contributed by atoms with Crippen LogP contribution in [0.3, 0.4) is 0 Å². The summed E-state index contributed by atoms with van der Waals surface area (Å²) in [7, 11) is 2.94. The number of carbonyl (C=O) groups is 1. The van der Waals surface area contributed by atoms with E-state index in [9.17, 15) is 4.79 Å². The number of hydrogen-bond acceptors (Lipinski definition) is 6. The Morgan fingerprint density at radius 3 is 3.00 bits per heavy atom. The van der Waals surface area contributed by atoms with Crippen LogP contribution in [0.15, 0.2) is 30.0 Å². The molecule has 22 heavy (non-hydrogen) atoms. The Kier molecular flexibility index (Phi) is 3.78. The number of rotatable bonds is 2. The maximum absolute atomic E-state index is 12.0. The number of benzene rings is 1. The van der Waals surface area contributed by atoms with Gasteiger partial charge >= 0.3 is 5.97 Å². The predicted octanol–water partition coefficient (Wildman–Crippen LogP) is 1.44. The van der Waals surface area contributed by atoms with Crippen LogP contribution in [0, 0.1) is 0 Å². The molecule has 1 aliphatic heterocycles. The summed E-state index contributed by atoms with van der Waals surface area (Å²) in [6.45, 7) is 0.576. The zero-order valence-corrected chi connectivity index (χ0v) is 12.3. The number of nitrogens with zero attached hydrogens (tertiary/aromatic N) is 3. The number of ether oxygens (including phenoxy) is 3. The summed E-state index contributed by atoms with van der Waals surface area (Å²) in [6, 6.07) is 5.43. The van der Waals surface area contributed by atoms with E-state index in [4.69, 9.17) is 14.2 Å². The fourth-order valence-electron chi connectivity index (χ4n) is 2.21. The van der Waals surface area contributed by atoms with Crippen LogP contribution in [0.25, 0.3) is 6.08 Å². The van der Waals surface area contributed by atoms with Crippen LogP contribution in [0.4, 0.5) is 0 Å². The fourth-order valence-corrected chi connectivity index (χ4v) is 2.21. The molecule has 0 radical (unpaired) electrons. The van der Waals surface area contributed by atoms with Crippen molar-refractivity contribution in [3.63, 3.8) is 0 Å². The molecule has 0 unspecified atom stereocenters. The van der Waals surface area contributed by atoms with Crippen molar-refractivity contribution in [1.29, 1.82) is 0 Å². The largest absolute Gasteiger partial charge is 0.497 e. The lowest BCUT2D eigenvalue weighted by molar-refractivity contribution is -0.136. The van der Waals surface area contributed by atoms with E-state index in [0.717, 1.165) is 11.3 Å². The zero-order chi connectivity index (χ0) is 15.5. The Hall–Kier alpha value is -2.83. The molecule has 7 heteroatoms. The summed E-state index contributed by atoms with van der Waals surface area (Å²) < 4.78 is 17.5. The van der Waals surface area contributed by atoms with Crippen molar-refractivity contribution in [3.8, 4) is 11.5 Å². The van der Waals surface area contributed by atoms with Gasteiger partial charge in [0.15, 0.2) is 0 Å². The van der Waals surface area contributed by atoms with Gasteiger partial charge in [0.2, 0.25) is 0 Å². The zero-order valence-electron chi connectivity index (χ0n) is 12.3. The van der Waals surface area contributed by atoms with Crippen molar-refractivity contribution in [2.24, 2.45) is 0 Å². The van der Waals surface area contributed by atoms with Crippen LogP contribution >= 0.6 is 0 Å². The molecular weight excluding hydrogens is 286 g/mol. The highest BCUT2D eigenvalue weighted by atomic mass is 16.5. The molecule has 114 valence electrons. The molecular formula is C15H15N3O4. The van der Waals surface area contributed by atoms with Gasteiger partial charge in [0, 0.05) is 11.6 Å². The number of aromatic nitrogens is 3. The maximum atomic E-state index is 12.0. The predicted molar refractivity (Wildman–Crippen MR) is 77.3 cm³/mol. The highest BCUT2D eigenvalue weighted by Crippen LogP contribution is 2.29. The van der Waals surface area contributed by atoms with E-state index in [0.29, 0.717) is 23.7 Å².